The van der Waals surface area contributed by atoms with E-state index in [0.717, 1.165) is 12.1 Å². The molecule has 0 aliphatic heterocycles. The molecule has 0 saturated heterocycles. The van der Waals surface area contributed by atoms with Crippen molar-refractivity contribution in [1.82, 2.24) is 10.6 Å². The molecule has 114 valence electrons. The molecule has 1 amide bonds. The van der Waals surface area contributed by atoms with E-state index in [1.54, 1.807) is 25.3 Å². The first kappa shape index (κ1) is 17.1. The Bertz CT molecular complexity index is 492. The van der Waals surface area contributed by atoms with E-state index in [1.807, 2.05) is 12.1 Å². The molecule has 5 nitrogen and oxygen atoms in total. The maximum Gasteiger partial charge on any atom is 0.251 e. The fraction of sp³-hybridized carbons (Fsp3) is 0.333. The van der Waals surface area contributed by atoms with Gasteiger partial charge in [-0.3, -0.25) is 4.79 Å². The molecule has 0 aromatic heterocycles. The van der Waals surface area contributed by atoms with Crippen LogP contribution in [0.2, 0.25) is 0 Å². The fourth-order valence-corrected chi connectivity index (χ4v) is 1.80. The molecule has 0 unspecified atom stereocenters. The van der Waals surface area contributed by atoms with E-state index < -0.39 is 0 Å². The quantitative estimate of drug-likeness (QED) is 0.389. The molecule has 1 rings (SSSR count). The lowest BCUT2D eigenvalue weighted by Crippen LogP contribution is -2.28. The third-order valence-corrected chi connectivity index (χ3v) is 2.85. The summed E-state index contributed by atoms with van der Waals surface area (Å²) in [4.78, 5) is 12.0. The normalized spacial score (nSPS) is 9.76. The van der Waals surface area contributed by atoms with Crippen molar-refractivity contribution in [3.8, 4) is 0 Å². The van der Waals surface area contributed by atoms with Crippen LogP contribution >= 0.6 is 12.2 Å². The van der Waals surface area contributed by atoms with Crippen molar-refractivity contribution < 1.29 is 9.53 Å². The molecular formula is C15H21N3O2S. The fourth-order valence-electron chi connectivity index (χ4n) is 1.60. The van der Waals surface area contributed by atoms with Gasteiger partial charge in [0.15, 0.2) is 5.11 Å². The summed E-state index contributed by atoms with van der Waals surface area (Å²) < 4.78 is 4.93. The average molecular weight is 307 g/mol. The highest BCUT2D eigenvalue weighted by atomic mass is 32.1. The maximum atomic E-state index is 12.0. The van der Waals surface area contributed by atoms with Crippen LogP contribution in [0.25, 0.3) is 0 Å². The number of hydrogen-bond acceptors (Lipinski definition) is 3. The molecule has 0 atom stereocenters. The van der Waals surface area contributed by atoms with Crippen molar-refractivity contribution in [3.05, 3.63) is 42.5 Å². The molecule has 0 aliphatic rings. The highest BCUT2D eigenvalue weighted by Crippen LogP contribution is 2.10. The van der Waals surface area contributed by atoms with Crippen molar-refractivity contribution >= 4 is 28.9 Å². The summed E-state index contributed by atoms with van der Waals surface area (Å²) in [6.45, 7) is 5.41. The first-order valence-corrected chi connectivity index (χ1v) is 7.11. The minimum Gasteiger partial charge on any atom is -0.385 e. The van der Waals surface area contributed by atoms with Crippen LogP contribution in [0.1, 0.15) is 16.8 Å². The third-order valence-electron chi connectivity index (χ3n) is 2.60. The zero-order valence-electron chi connectivity index (χ0n) is 12.1. The van der Waals surface area contributed by atoms with E-state index in [0.29, 0.717) is 30.4 Å². The van der Waals surface area contributed by atoms with Gasteiger partial charge in [-0.2, -0.15) is 0 Å². The van der Waals surface area contributed by atoms with E-state index in [2.05, 4.69) is 22.5 Å². The largest absolute Gasteiger partial charge is 0.385 e. The van der Waals surface area contributed by atoms with Crippen LogP contribution in [0.4, 0.5) is 5.69 Å². The summed E-state index contributed by atoms with van der Waals surface area (Å²) in [6.07, 6.45) is 2.51. The van der Waals surface area contributed by atoms with Gasteiger partial charge in [0.05, 0.1) is 0 Å². The number of nitrogens with one attached hydrogen (secondary N) is 3. The number of carbonyl (C=O) groups excluding carboxylic acids is 1. The number of hydrogen-bond donors (Lipinski definition) is 3. The minimum absolute atomic E-state index is 0.111. The Morgan fingerprint density at radius 1 is 1.43 bits per heavy atom. The van der Waals surface area contributed by atoms with Crippen LogP contribution in [0, 0.1) is 0 Å². The third kappa shape index (κ3) is 6.87. The molecule has 0 aliphatic carbocycles. The van der Waals surface area contributed by atoms with Crippen LogP contribution < -0.4 is 16.0 Å². The lowest BCUT2D eigenvalue weighted by atomic mass is 10.2. The summed E-state index contributed by atoms with van der Waals surface area (Å²) in [7, 11) is 1.64. The number of ether oxygens (including phenoxy) is 1. The summed E-state index contributed by atoms with van der Waals surface area (Å²) in [5.74, 6) is -0.111. The molecule has 0 spiro atoms. The molecule has 21 heavy (non-hydrogen) atoms. The number of amides is 1. The molecule has 0 saturated carbocycles. The van der Waals surface area contributed by atoms with Crippen LogP contribution in [-0.4, -0.2) is 37.8 Å². The monoisotopic (exact) mass is 307 g/mol. The maximum absolute atomic E-state index is 12.0. The lowest BCUT2D eigenvalue weighted by molar-refractivity contribution is 0.0948. The van der Waals surface area contributed by atoms with E-state index >= 15 is 0 Å². The van der Waals surface area contributed by atoms with Gasteiger partial charge in [0.2, 0.25) is 0 Å². The Morgan fingerprint density at radius 2 is 2.24 bits per heavy atom. The van der Waals surface area contributed by atoms with Crippen molar-refractivity contribution in [1.29, 1.82) is 0 Å². The van der Waals surface area contributed by atoms with Gasteiger partial charge in [0, 0.05) is 38.1 Å². The minimum atomic E-state index is -0.111. The molecule has 1 aromatic rings. The standard InChI is InChI=1S/C15H21N3O2S/c1-3-8-17-15(21)18-13-7-4-6-12(11-13)14(19)16-9-5-10-20-2/h3-4,6-7,11H,1,5,8-10H2,2H3,(H,16,19)(H2,17,18,21). The van der Waals surface area contributed by atoms with Gasteiger partial charge in [0.1, 0.15) is 0 Å². The Hall–Kier alpha value is -1.92. The molecule has 3 N–H and O–H groups in total. The number of carbonyl (C=O) groups is 1. The van der Waals surface area contributed by atoms with Crippen molar-refractivity contribution in [2.45, 2.75) is 6.42 Å². The highest BCUT2D eigenvalue weighted by molar-refractivity contribution is 7.80. The second kappa shape index (κ2) is 9.90. The molecule has 6 heteroatoms. The SMILES string of the molecule is C=CCNC(=S)Nc1cccc(C(=O)NCCCOC)c1. The van der Waals surface area contributed by atoms with Crippen LogP contribution in [-0.2, 0) is 4.74 Å². The molecule has 0 radical (unpaired) electrons. The van der Waals surface area contributed by atoms with Crippen LogP contribution in [0.15, 0.2) is 36.9 Å². The first-order chi connectivity index (χ1) is 10.2. The topological polar surface area (TPSA) is 62.4 Å². The van der Waals surface area contributed by atoms with Gasteiger partial charge in [0.25, 0.3) is 5.91 Å². The second-order valence-electron chi connectivity index (χ2n) is 4.31. The summed E-state index contributed by atoms with van der Waals surface area (Å²) in [5, 5.41) is 9.32. The first-order valence-electron chi connectivity index (χ1n) is 6.70. The molecule has 0 fully saturated rings. The average Bonchev–Trinajstić information content (AvgIpc) is 2.49. The smallest absolute Gasteiger partial charge is 0.251 e. The summed E-state index contributed by atoms with van der Waals surface area (Å²) in [6, 6.07) is 7.18. The van der Waals surface area contributed by atoms with Gasteiger partial charge < -0.3 is 20.7 Å². The van der Waals surface area contributed by atoms with Gasteiger partial charge in [-0.25, -0.2) is 0 Å². The van der Waals surface area contributed by atoms with E-state index in [-0.39, 0.29) is 5.91 Å². The second-order valence-corrected chi connectivity index (χ2v) is 4.72. The Kier molecular flexibility index (Phi) is 8.08. The van der Waals surface area contributed by atoms with E-state index in [1.165, 1.54) is 0 Å². The predicted molar refractivity (Wildman–Crippen MR) is 89.7 cm³/mol. The summed E-state index contributed by atoms with van der Waals surface area (Å²) >= 11 is 5.13. The van der Waals surface area contributed by atoms with Crippen molar-refractivity contribution in [3.63, 3.8) is 0 Å². The van der Waals surface area contributed by atoms with Gasteiger partial charge in [-0.05, 0) is 36.8 Å². The zero-order valence-corrected chi connectivity index (χ0v) is 13.0. The highest BCUT2D eigenvalue weighted by Gasteiger charge is 2.06. The van der Waals surface area contributed by atoms with E-state index in [4.69, 9.17) is 17.0 Å². The Morgan fingerprint density at radius 3 is 2.95 bits per heavy atom. The van der Waals surface area contributed by atoms with Crippen molar-refractivity contribution in [2.24, 2.45) is 0 Å². The van der Waals surface area contributed by atoms with Crippen molar-refractivity contribution in [2.75, 3.05) is 32.1 Å². The Balaban J connectivity index is 2.52. The molecular weight excluding hydrogens is 286 g/mol. The van der Waals surface area contributed by atoms with Gasteiger partial charge in [-0.15, -0.1) is 6.58 Å². The predicted octanol–water partition coefficient (Wildman–Crippen LogP) is 1.93. The number of anilines is 1. The summed E-state index contributed by atoms with van der Waals surface area (Å²) in [5.41, 5.74) is 1.35. The zero-order chi connectivity index (χ0) is 15.5. The number of rotatable bonds is 8. The Labute approximate surface area is 130 Å². The van der Waals surface area contributed by atoms with E-state index in [9.17, 15) is 4.79 Å². The molecule has 0 heterocycles. The lowest BCUT2D eigenvalue weighted by Gasteiger charge is -2.10. The number of benzene rings is 1. The van der Waals surface area contributed by atoms with Crippen LogP contribution in [0.5, 0.6) is 0 Å². The van der Waals surface area contributed by atoms with Gasteiger partial charge >= 0.3 is 0 Å². The van der Waals surface area contributed by atoms with Gasteiger partial charge in [-0.1, -0.05) is 12.1 Å². The molecule has 1 aromatic carbocycles. The number of thiocarbonyl (C=S) groups is 1. The molecule has 0 bridgehead atoms. The number of methoxy groups -OCH3 is 1. The van der Waals surface area contributed by atoms with Crippen LogP contribution in [0.3, 0.4) is 0 Å².